The Kier molecular flexibility index (Phi) is 17.7. The summed E-state index contributed by atoms with van der Waals surface area (Å²) >= 11 is 0. The number of unbranched alkanes of at least 4 members (excludes halogenated alkanes) is 3. The zero-order valence-corrected chi connectivity index (χ0v) is 36.0. The number of carbonyl (C=O) groups is 5. The van der Waals surface area contributed by atoms with Crippen LogP contribution in [0.25, 0.3) is 10.9 Å². The van der Waals surface area contributed by atoms with Gasteiger partial charge in [0.2, 0.25) is 23.6 Å². The molecule has 1 saturated heterocycles. The van der Waals surface area contributed by atoms with Crippen LogP contribution in [-0.2, 0) is 30.3 Å². The number of aliphatic hydroxyl groups is 1. The molecule has 7 atom stereocenters. The van der Waals surface area contributed by atoms with Gasteiger partial charge < -0.3 is 52.0 Å². The standard InChI is InChI=1S/C43H64N10O9/c1-4-5-6-12-18-45-38(57)33(21-28-24-46-31-16-11-10-15-30(28)31)49-42(60)48-32(20-27-13-8-7-9-14-27)39(58)51-37(26(2)52(3)36(56)23-44)40(59)47-25-29-22-34(54)41(62-29)53-19-17-35(55)50-43(53)61/h10-11,15-17,19,24,26-27,29,32-34,37,41,46,54H,4-9,12-14,18,20-23,25,44H2,1-3H3,(H,45,57)(H,47,59)(H,51,58)(H2,48,49,60)(H,50,55,61)/t26-,29+,32-,33-,34+,37-,41+/m0/s1. The number of H-pyrrole nitrogens is 2. The fourth-order valence-electron chi connectivity index (χ4n) is 8.28. The molecule has 1 saturated carbocycles. The number of nitrogens with two attached hydrogens (primary N) is 1. The number of fused-ring (bicyclic) bond motifs is 1. The van der Waals surface area contributed by atoms with Crippen LogP contribution in [0, 0.1) is 5.92 Å². The maximum absolute atomic E-state index is 14.4. The zero-order valence-electron chi connectivity index (χ0n) is 36.0. The molecule has 2 aliphatic rings. The number of nitrogens with one attached hydrogen (secondary N) is 7. The smallest absolute Gasteiger partial charge is 0.330 e. The van der Waals surface area contributed by atoms with Gasteiger partial charge in [0.25, 0.3) is 5.56 Å². The summed E-state index contributed by atoms with van der Waals surface area (Å²) in [7, 11) is 1.46. The van der Waals surface area contributed by atoms with Gasteiger partial charge in [-0.05, 0) is 37.3 Å². The first-order chi connectivity index (χ1) is 29.8. The Morgan fingerprint density at radius 2 is 1.69 bits per heavy atom. The van der Waals surface area contributed by atoms with Gasteiger partial charge in [-0.25, -0.2) is 9.59 Å². The molecule has 6 amide bonds. The highest BCUT2D eigenvalue weighted by Crippen LogP contribution is 2.29. The van der Waals surface area contributed by atoms with E-state index < -0.39 is 77.6 Å². The van der Waals surface area contributed by atoms with Crippen molar-refractivity contribution in [1.82, 2.24) is 46.0 Å². The van der Waals surface area contributed by atoms with Crippen molar-refractivity contribution in [1.29, 1.82) is 0 Å². The van der Waals surface area contributed by atoms with Gasteiger partial charge in [0.15, 0.2) is 6.23 Å². The summed E-state index contributed by atoms with van der Waals surface area (Å²) in [6.45, 7) is 3.66. The van der Waals surface area contributed by atoms with Crippen LogP contribution in [0.15, 0.2) is 52.3 Å². The number of para-hydroxylation sites is 1. The van der Waals surface area contributed by atoms with Gasteiger partial charge in [-0.1, -0.05) is 76.5 Å². The molecular weight excluding hydrogens is 801 g/mol. The molecule has 5 rings (SSSR count). The Hall–Kier alpha value is -5.53. The van der Waals surface area contributed by atoms with Crippen molar-refractivity contribution >= 4 is 40.6 Å². The molecule has 2 aromatic heterocycles. The zero-order chi connectivity index (χ0) is 44.8. The molecule has 0 bridgehead atoms. The van der Waals surface area contributed by atoms with Gasteiger partial charge in [-0.15, -0.1) is 0 Å². The lowest BCUT2D eigenvalue weighted by Crippen LogP contribution is -2.62. The number of aromatic nitrogens is 3. The topological polar surface area (TPSA) is 275 Å². The Morgan fingerprint density at radius 3 is 2.42 bits per heavy atom. The Balaban J connectivity index is 1.32. The molecule has 10 N–H and O–H groups in total. The first kappa shape index (κ1) is 47.5. The molecule has 2 fully saturated rings. The van der Waals surface area contributed by atoms with E-state index in [4.69, 9.17) is 10.5 Å². The summed E-state index contributed by atoms with van der Waals surface area (Å²) in [5, 5.41) is 25.8. The second-order valence-electron chi connectivity index (χ2n) is 16.5. The average Bonchev–Trinajstić information content (AvgIpc) is 3.85. The highest BCUT2D eigenvalue weighted by molar-refractivity contribution is 5.94. The first-order valence-electron chi connectivity index (χ1n) is 21.9. The quantitative estimate of drug-likeness (QED) is 0.0686. The number of amides is 6. The van der Waals surface area contributed by atoms with Crippen LogP contribution in [0.4, 0.5) is 4.79 Å². The van der Waals surface area contributed by atoms with E-state index in [2.05, 4.69) is 43.5 Å². The molecule has 0 unspecified atom stereocenters. The van der Waals surface area contributed by atoms with Crippen LogP contribution in [0.2, 0.25) is 0 Å². The highest BCUT2D eigenvalue weighted by atomic mass is 16.5. The van der Waals surface area contributed by atoms with Gasteiger partial charge in [-0.3, -0.25) is 33.5 Å². The number of hydrogen-bond donors (Lipinski definition) is 9. The van der Waals surface area contributed by atoms with Crippen LogP contribution in [0.5, 0.6) is 0 Å². The van der Waals surface area contributed by atoms with Crippen LogP contribution < -0.4 is 43.6 Å². The number of benzene rings is 1. The summed E-state index contributed by atoms with van der Waals surface area (Å²) in [5.74, 6) is -2.08. The molecule has 19 heteroatoms. The van der Waals surface area contributed by atoms with Crippen LogP contribution in [0.1, 0.15) is 96.3 Å². The minimum absolute atomic E-state index is 0.0370. The Bertz CT molecular complexity index is 2100. The van der Waals surface area contributed by atoms with Crippen molar-refractivity contribution in [3.63, 3.8) is 0 Å². The minimum atomic E-state index is -1.33. The highest BCUT2D eigenvalue weighted by Gasteiger charge is 2.38. The number of nitrogens with zero attached hydrogens (tertiary/aromatic N) is 2. The Morgan fingerprint density at radius 1 is 0.952 bits per heavy atom. The lowest BCUT2D eigenvalue weighted by molar-refractivity contribution is -0.136. The number of carbonyl (C=O) groups excluding carboxylic acids is 5. The van der Waals surface area contributed by atoms with E-state index in [1.165, 1.54) is 18.1 Å². The van der Waals surface area contributed by atoms with Crippen molar-refractivity contribution in [2.24, 2.45) is 11.7 Å². The second kappa shape index (κ2) is 23.1. The molecule has 62 heavy (non-hydrogen) atoms. The molecule has 1 aliphatic carbocycles. The second-order valence-corrected chi connectivity index (χ2v) is 16.5. The van der Waals surface area contributed by atoms with Crippen molar-refractivity contribution < 1.29 is 33.8 Å². The minimum Gasteiger partial charge on any atom is -0.388 e. The summed E-state index contributed by atoms with van der Waals surface area (Å²) in [6.07, 6.45) is 9.05. The summed E-state index contributed by atoms with van der Waals surface area (Å²) in [6, 6.07) is 3.72. The first-order valence-corrected chi connectivity index (χ1v) is 21.9. The third-order valence-corrected chi connectivity index (χ3v) is 12.0. The van der Waals surface area contributed by atoms with E-state index >= 15 is 0 Å². The third-order valence-electron chi connectivity index (χ3n) is 12.0. The maximum atomic E-state index is 14.4. The van der Waals surface area contributed by atoms with E-state index in [0.29, 0.717) is 6.54 Å². The van der Waals surface area contributed by atoms with Gasteiger partial charge in [0.05, 0.1) is 18.7 Å². The molecule has 3 aromatic rings. The maximum Gasteiger partial charge on any atom is 0.330 e. The van der Waals surface area contributed by atoms with Gasteiger partial charge in [-0.2, -0.15) is 0 Å². The van der Waals surface area contributed by atoms with Crippen LogP contribution in [0.3, 0.4) is 0 Å². The molecule has 0 radical (unpaired) electrons. The van der Waals surface area contributed by atoms with Gasteiger partial charge >= 0.3 is 11.7 Å². The molecule has 340 valence electrons. The SMILES string of the molecule is CCCCCCNC(=O)[C@H](Cc1c[nH]c2ccccc12)NC(=O)N[C@@H](CC1CCCCC1)C(=O)N[C@H](C(=O)NC[C@H]1C[C@@H](O)[C@H](n2ccc(=O)[nH]c2=O)O1)[C@H](C)N(C)C(=O)CN. The van der Waals surface area contributed by atoms with Crippen molar-refractivity contribution in [2.45, 2.75) is 134 Å². The third kappa shape index (κ3) is 13.0. The number of aromatic amines is 2. The van der Waals surface area contributed by atoms with E-state index in [1.807, 2.05) is 30.5 Å². The van der Waals surface area contributed by atoms with Crippen molar-refractivity contribution in [3.05, 3.63) is 69.1 Å². The fourth-order valence-corrected chi connectivity index (χ4v) is 8.28. The summed E-state index contributed by atoms with van der Waals surface area (Å²) in [4.78, 5) is 99.3. The average molecular weight is 865 g/mol. The number of rotatable bonds is 21. The predicted molar refractivity (Wildman–Crippen MR) is 232 cm³/mol. The Labute approximate surface area is 360 Å². The molecule has 0 spiro atoms. The van der Waals surface area contributed by atoms with Crippen molar-refractivity contribution in [2.75, 3.05) is 26.7 Å². The molecule has 3 heterocycles. The number of urea groups is 1. The summed E-state index contributed by atoms with van der Waals surface area (Å²) < 4.78 is 6.93. The largest absolute Gasteiger partial charge is 0.388 e. The predicted octanol–water partition coefficient (Wildman–Crippen LogP) is 1.02. The van der Waals surface area contributed by atoms with Crippen LogP contribution >= 0.6 is 0 Å². The normalized spacial score (nSPS) is 19.8. The van der Waals surface area contributed by atoms with E-state index in [9.17, 15) is 38.7 Å². The van der Waals surface area contributed by atoms with E-state index in [-0.39, 0.29) is 44.2 Å². The number of ether oxygens (including phenoxy) is 1. The van der Waals surface area contributed by atoms with Crippen LogP contribution in [-0.4, -0.2) is 117 Å². The molecular formula is C43H64N10O9. The van der Waals surface area contributed by atoms with Crippen molar-refractivity contribution in [3.8, 4) is 0 Å². The monoisotopic (exact) mass is 864 g/mol. The van der Waals surface area contributed by atoms with E-state index in [0.717, 1.165) is 84.9 Å². The number of aliphatic hydroxyl groups excluding tert-OH is 1. The van der Waals surface area contributed by atoms with Gasteiger partial charge in [0.1, 0.15) is 24.2 Å². The fraction of sp³-hybridized carbons (Fsp3) is 0.605. The molecule has 1 aliphatic heterocycles. The summed E-state index contributed by atoms with van der Waals surface area (Å²) in [5.41, 5.74) is 6.00. The van der Waals surface area contributed by atoms with Gasteiger partial charge in [0, 0.05) is 62.3 Å². The molecule has 1 aromatic carbocycles. The van der Waals surface area contributed by atoms with E-state index in [1.54, 1.807) is 6.92 Å². The molecule has 19 nitrogen and oxygen atoms in total. The number of likely N-dealkylation sites (N-methyl/N-ethyl adjacent to an activating group) is 1. The number of hydrogen-bond acceptors (Lipinski definition) is 10. The lowest BCUT2D eigenvalue weighted by Gasteiger charge is -2.33. The lowest BCUT2D eigenvalue weighted by atomic mass is 9.84.